The lowest BCUT2D eigenvalue weighted by Crippen LogP contribution is -2.36. The first-order valence-corrected chi connectivity index (χ1v) is 7.09. The van der Waals surface area contributed by atoms with Gasteiger partial charge in [-0.05, 0) is 37.8 Å². The third-order valence-electron chi connectivity index (χ3n) is 3.01. The number of hydrogen-bond acceptors (Lipinski definition) is 4. The fourth-order valence-corrected chi connectivity index (χ4v) is 1.77. The van der Waals surface area contributed by atoms with E-state index in [0.717, 1.165) is 18.1 Å². The van der Waals surface area contributed by atoms with Crippen LogP contribution in [0.5, 0.6) is 0 Å². The minimum absolute atomic E-state index is 0.324. The molecular weight excluding hydrogens is 242 g/mol. The molecule has 0 aliphatic rings. The summed E-state index contributed by atoms with van der Waals surface area (Å²) in [5, 5.41) is 13.1. The Morgan fingerprint density at radius 1 is 1.32 bits per heavy atom. The molecule has 4 nitrogen and oxygen atoms in total. The number of hydrogen-bond donors (Lipinski definition) is 2. The molecule has 0 aliphatic carbocycles. The second-order valence-electron chi connectivity index (χ2n) is 5.53. The van der Waals surface area contributed by atoms with E-state index in [1.807, 2.05) is 12.1 Å². The van der Waals surface area contributed by atoms with Crippen LogP contribution >= 0.6 is 0 Å². The van der Waals surface area contributed by atoms with E-state index in [0.29, 0.717) is 25.8 Å². The number of ether oxygens (including phenoxy) is 1. The quantitative estimate of drug-likeness (QED) is 0.685. The minimum Gasteiger partial charge on any atom is -0.467 e. The molecule has 0 saturated carbocycles. The Bertz CT molecular complexity index is 311. The predicted molar refractivity (Wildman–Crippen MR) is 75.9 cm³/mol. The lowest BCUT2D eigenvalue weighted by Gasteiger charge is -2.17. The number of aliphatic hydroxyl groups excluding tert-OH is 1. The Hall–Kier alpha value is -0.840. The molecule has 1 heterocycles. The molecule has 0 saturated heterocycles. The van der Waals surface area contributed by atoms with Gasteiger partial charge in [0.25, 0.3) is 0 Å². The summed E-state index contributed by atoms with van der Waals surface area (Å²) in [4.78, 5) is 0. The normalized spacial score (nSPS) is 14.8. The minimum atomic E-state index is -0.475. The number of aliphatic hydroxyl groups is 1. The molecule has 110 valence electrons. The average molecular weight is 269 g/mol. The molecule has 0 bridgehead atoms. The van der Waals surface area contributed by atoms with Gasteiger partial charge in [0, 0.05) is 12.6 Å². The van der Waals surface area contributed by atoms with Crippen molar-refractivity contribution in [1.29, 1.82) is 0 Å². The van der Waals surface area contributed by atoms with E-state index in [9.17, 15) is 5.11 Å². The van der Waals surface area contributed by atoms with Gasteiger partial charge < -0.3 is 19.6 Å². The Balaban J connectivity index is 2.02. The summed E-state index contributed by atoms with van der Waals surface area (Å²) in [5.41, 5.74) is 0. The fraction of sp³-hybridized carbons (Fsp3) is 0.733. The van der Waals surface area contributed by atoms with Crippen molar-refractivity contribution in [2.45, 2.75) is 52.4 Å². The van der Waals surface area contributed by atoms with Crippen LogP contribution in [0.2, 0.25) is 0 Å². The molecule has 0 radical (unpaired) electrons. The summed E-state index contributed by atoms with van der Waals surface area (Å²) >= 11 is 0. The molecule has 0 spiro atoms. The Morgan fingerprint density at radius 2 is 2.11 bits per heavy atom. The van der Waals surface area contributed by atoms with E-state index >= 15 is 0 Å². The van der Waals surface area contributed by atoms with Gasteiger partial charge in [-0.3, -0.25) is 0 Å². The monoisotopic (exact) mass is 269 g/mol. The molecule has 1 aromatic rings. The summed E-state index contributed by atoms with van der Waals surface area (Å²) in [6.45, 7) is 7.90. The maximum Gasteiger partial charge on any atom is 0.129 e. The van der Waals surface area contributed by atoms with Crippen molar-refractivity contribution < 1.29 is 14.3 Å². The number of furan rings is 1. The summed E-state index contributed by atoms with van der Waals surface area (Å²) in [5.74, 6) is 1.51. The second-order valence-corrected chi connectivity index (χ2v) is 5.53. The standard InChI is InChI=1S/C15H27NO3/c1-12(2)6-7-13(3)16-9-14(17)10-18-11-15-5-4-8-19-15/h4-5,8,12-14,16-17H,6-7,9-11H2,1-3H3/t13-,14-/m0/s1. The van der Waals surface area contributed by atoms with Crippen molar-refractivity contribution in [3.05, 3.63) is 24.2 Å². The van der Waals surface area contributed by atoms with Crippen LogP contribution in [-0.2, 0) is 11.3 Å². The smallest absolute Gasteiger partial charge is 0.129 e. The van der Waals surface area contributed by atoms with Gasteiger partial charge in [-0.25, -0.2) is 0 Å². The van der Waals surface area contributed by atoms with E-state index in [-0.39, 0.29) is 0 Å². The van der Waals surface area contributed by atoms with Crippen molar-refractivity contribution >= 4 is 0 Å². The lowest BCUT2D eigenvalue weighted by atomic mass is 10.0. The van der Waals surface area contributed by atoms with E-state index in [2.05, 4.69) is 26.1 Å². The molecule has 0 aliphatic heterocycles. The number of nitrogens with one attached hydrogen (secondary N) is 1. The van der Waals surface area contributed by atoms with Gasteiger partial charge in [-0.2, -0.15) is 0 Å². The third kappa shape index (κ3) is 8.03. The van der Waals surface area contributed by atoms with Crippen molar-refractivity contribution in [2.75, 3.05) is 13.2 Å². The van der Waals surface area contributed by atoms with Crippen molar-refractivity contribution in [2.24, 2.45) is 5.92 Å². The first-order valence-electron chi connectivity index (χ1n) is 7.09. The molecule has 0 fully saturated rings. The molecule has 19 heavy (non-hydrogen) atoms. The molecule has 1 rings (SSSR count). The summed E-state index contributed by atoms with van der Waals surface area (Å²) in [6.07, 6.45) is 3.49. The second kappa shape index (κ2) is 9.13. The topological polar surface area (TPSA) is 54.6 Å². The molecule has 2 atom stereocenters. The average Bonchev–Trinajstić information content (AvgIpc) is 2.87. The Kier molecular flexibility index (Phi) is 7.79. The highest BCUT2D eigenvalue weighted by Gasteiger charge is 2.08. The Labute approximate surface area is 116 Å². The van der Waals surface area contributed by atoms with Crippen molar-refractivity contribution in [3.8, 4) is 0 Å². The molecule has 4 heteroatoms. The zero-order valence-corrected chi connectivity index (χ0v) is 12.3. The molecule has 0 unspecified atom stereocenters. The van der Waals surface area contributed by atoms with Crippen LogP contribution < -0.4 is 5.32 Å². The molecule has 1 aromatic heterocycles. The highest BCUT2D eigenvalue weighted by atomic mass is 16.5. The zero-order chi connectivity index (χ0) is 14.1. The van der Waals surface area contributed by atoms with E-state index in [1.165, 1.54) is 6.42 Å². The molecule has 0 amide bonds. The summed E-state index contributed by atoms with van der Waals surface area (Å²) < 4.78 is 10.5. The van der Waals surface area contributed by atoms with Gasteiger partial charge in [0.2, 0.25) is 0 Å². The van der Waals surface area contributed by atoms with Crippen LogP contribution in [0.15, 0.2) is 22.8 Å². The maximum atomic E-state index is 9.79. The van der Waals surface area contributed by atoms with Crippen molar-refractivity contribution in [3.63, 3.8) is 0 Å². The fourth-order valence-electron chi connectivity index (χ4n) is 1.77. The van der Waals surface area contributed by atoms with Gasteiger partial charge in [0.1, 0.15) is 12.4 Å². The molecule has 2 N–H and O–H groups in total. The van der Waals surface area contributed by atoms with E-state index in [1.54, 1.807) is 6.26 Å². The van der Waals surface area contributed by atoms with Gasteiger partial charge in [-0.1, -0.05) is 13.8 Å². The van der Waals surface area contributed by atoms with Crippen LogP contribution in [-0.4, -0.2) is 30.4 Å². The highest BCUT2D eigenvalue weighted by Crippen LogP contribution is 2.06. The largest absolute Gasteiger partial charge is 0.467 e. The van der Waals surface area contributed by atoms with Crippen LogP contribution in [0, 0.1) is 5.92 Å². The van der Waals surface area contributed by atoms with Crippen LogP contribution in [0.4, 0.5) is 0 Å². The van der Waals surface area contributed by atoms with Crippen LogP contribution in [0.1, 0.15) is 39.4 Å². The third-order valence-corrected chi connectivity index (χ3v) is 3.01. The lowest BCUT2D eigenvalue weighted by molar-refractivity contribution is 0.0216. The first-order chi connectivity index (χ1) is 9.08. The van der Waals surface area contributed by atoms with Crippen LogP contribution in [0.25, 0.3) is 0 Å². The summed E-state index contributed by atoms with van der Waals surface area (Å²) in [6, 6.07) is 4.12. The zero-order valence-electron chi connectivity index (χ0n) is 12.3. The maximum absolute atomic E-state index is 9.79. The highest BCUT2D eigenvalue weighted by molar-refractivity contribution is 4.96. The molecular formula is C15H27NO3. The van der Waals surface area contributed by atoms with Gasteiger partial charge in [0.05, 0.1) is 19.0 Å². The van der Waals surface area contributed by atoms with Gasteiger partial charge >= 0.3 is 0 Å². The molecule has 0 aromatic carbocycles. The van der Waals surface area contributed by atoms with Gasteiger partial charge in [0.15, 0.2) is 0 Å². The number of rotatable bonds is 10. The van der Waals surface area contributed by atoms with Crippen molar-refractivity contribution in [1.82, 2.24) is 5.32 Å². The van der Waals surface area contributed by atoms with E-state index < -0.39 is 6.10 Å². The van der Waals surface area contributed by atoms with Gasteiger partial charge in [-0.15, -0.1) is 0 Å². The van der Waals surface area contributed by atoms with E-state index in [4.69, 9.17) is 9.15 Å². The summed E-state index contributed by atoms with van der Waals surface area (Å²) in [7, 11) is 0. The Morgan fingerprint density at radius 3 is 2.74 bits per heavy atom. The predicted octanol–water partition coefficient (Wildman–Crippen LogP) is 2.57. The first kappa shape index (κ1) is 16.2. The SMILES string of the molecule is CC(C)CC[C@H](C)NC[C@H](O)COCc1ccco1. The van der Waals surface area contributed by atoms with Crippen LogP contribution in [0.3, 0.4) is 0 Å².